The molecular formula is C26H27ClF2N4O2. The Bertz CT molecular complexity index is 1220. The van der Waals surface area contributed by atoms with Gasteiger partial charge in [-0.05, 0) is 56.3 Å². The van der Waals surface area contributed by atoms with E-state index in [9.17, 15) is 13.6 Å². The number of rotatable bonds is 10. The molecule has 0 amide bonds. The molecule has 1 aliphatic rings. The van der Waals surface area contributed by atoms with Crippen molar-refractivity contribution in [2.45, 2.75) is 25.7 Å². The third-order valence-electron chi connectivity index (χ3n) is 5.82. The minimum atomic E-state index is -0.650. The highest BCUT2D eigenvalue weighted by molar-refractivity contribution is 6.31. The SMILES string of the molecule is O=C(/C=C/CN1CCCCC1)Cc1cc2c(Nc3ccc(F)c(Cl)c3)ncnc2cc1OCCF. The lowest BCUT2D eigenvalue weighted by molar-refractivity contribution is -0.114. The van der Waals surface area contributed by atoms with Crippen molar-refractivity contribution >= 4 is 39.8 Å². The fourth-order valence-electron chi connectivity index (χ4n) is 4.08. The Morgan fingerprint density at radius 1 is 1.17 bits per heavy atom. The smallest absolute Gasteiger partial charge is 0.159 e. The summed E-state index contributed by atoms with van der Waals surface area (Å²) in [7, 11) is 0. The summed E-state index contributed by atoms with van der Waals surface area (Å²) in [6.45, 7) is 2.08. The summed E-state index contributed by atoms with van der Waals surface area (Å²) in [5.41, 5.74) is 1.71. The van der Waals surface area contributed by atoms with Crippen molar-refractivity contribution in [1.82, 2.24) is 14.9 Å². The second-order valence-corrected chi connectivity index (χ2v) is 8.80. The summed E-state index contributed by atoms with van der Waals surface area (Å²) in [4.78, 5) is 23.7. The van der Waals surface area contributed by atoms with Gasteiger partial charge in [-0.15, -0.1) is 0 Å². The number of fused-ring (bicyclic) bond motifs is 1. The number of carbonyl (C=O) groups is 1. The van der Waals surface area contributed by atoms with Crippen LogP contribution < -0.4 is 10.1 Å². The van der Waals surface area contributed by atoms with Gasteiger partial charge in [0.15, 0.2) is 5.78 Å². The molecule has 0 unspecified atom stereocenters. The minimum absolute atomic E-state index is 0.0158. The van der Waals surface area contributed by atoms with E-state index in [0.717, 1.165) is 19.6 Å². The van der Waals surface area contributed by atoms with Gasteiger partial charge in [0.2, 0.25) is 0 Å². The maximum absolute atomic E-state index is 13.5. The molecule has 6 nitrogen and oxygen atoms in total. The number of piperidine rings is 1. The average molecular weight is 501 g/mol. The van der Waals surface area contributed by atoms with Gasteiger partial charge in [0.25, 0.3) is 0 Å². The molecule has 0 saturated carbocycles. The third kappa shape index (κ3) is 6.74. The molecular weight excluding hydrogens is 474 g/mol. The van der Waals surface area contributed by atoms with E-state index >= 15 is 0 Å². The van der Waals surface area contributed by atoms with E-state index in [-0.39, 0.29) is 23.8 Å². The van der Waals surface area contributed by atoms with Gasteiger partial charge in [-0.1, -0.05) is 24.1 Å². The Kier molecular flexibility index (Phi) is 8.60. The predicted molar refractivity (Wildman–Crippen MR) is 134 cm³/mol. The average Bonchev–Trinajstić information content (AvgIpc) is 2.86. The van der Waals surface area contributed by atoms with Gasteiger partial charge in [0, 0.05) is 35.7 Å². The molecule has 0 radical (unpaired) electrons. The van der Waals surface area contributed by atoms with E-state index in [1.54, 1.807) is 24.3 Å². The number of halogens is 3. The molecule has 0 aliphatic carbocycles. The number of hydrogen-bond donors (Lipinski definition) is 1. The van der Waals surface area contributed by atoms with Gasteiger partial charge in [-0.3, -0.25) is 9.69 Å². The molecule has 1 N–H and O–H groups in total. The van der Waals surface area contributed by atoms with Crippen LogP contribution in [0, 0.1) is 5.82 Å². The van der Waals surface area contributed by atoms with Gasteiger partial charge in [-0.25, -0.2) is 18.7 Å². The van der Waals surface area contributed by atoms with Crippen molar-refractivity contribution in [1.29, 1.82) is 0 Å². The number of allylic oxidation sites excluding steroid dienone is 1. The first kappa shape index (κ1) is 25.0. The zero-order chi connectivity index (χ0) is 24.6. The molecule has 9 heteroatoms. The summed E-state index contributed by atoms with van der Waals surface area (Å²) in [5, 5.41) is 3.74. The summed E-state index contributed by atoms with van der Waals surface area (Å²) in [5.74, 6) is 0.267. The molecule has 0 bridgehead atoms. The van der Waals surface area contributed by atoms with Crippen molar-refractivity contribution in [2.75, 3.05) is 38.2 Å². The van der Waals surface area contributed by atoms with Crippen molar-refractivity contribution in [3.8, 4) is 5.75 Å². The fraction of sp³-hybridized carbons (Fsp3) is 0.346. The molecule has 35 heavy (non-hydrogen) atoms. The molecule has 2 heterocycles. The van der Waals surface area contributed by atoms with Crippen molar-refractivity contribution in [2.24, 2.45) is 0 Å². The Hall–Kier alpha value is -3.10. The van der Waals surface area contributed by atoms with Gasteiger partial charge < -0.3 is 10.1 Å². The number of ketones is 1. The zero-order valence-electron chi connectivity index (χ0n) is 19.3. The Morgan fingerprint density at radius 3 is 2.77 bits per heavy atom. The molecule has 1 saturated heterocycles. The summed E-state index contributed by atoms with van der Waals surface area (Å²) in [6.07, 6.45) is 8.60. The van der Waals surface area contributed by atoms with Gasteiger partial charge >= 0.3 is 0 Å². The Balaban J connectivity index is 1.58. The first-order valence-electron chi connectivity index (χ1n) is 11.6. The number of ether oxygens (including phenoxy) is 1. The molecule has 0 spiro atoms. The number of nitrogens with zero attached hydrogens (tertiary/aromatic N) is 3. The van der Waals surface area contributed by atoms with Gasteiger partial charge in [0.05, 0.1) is 10.5 Å². The highest BCUT2D eigenvalue weighted by atomic mass is 35.5. The number of nitrogens with one attached hydrogen (secondary N) is 1. The number of hydrogen-bond acceptors (Lipinski definition) is 6. The van der Waals surface area contributed by atoms with Crippen molar-refractivity contribution in [3.63, 3.8) is 0 Å². The van der Waals surface area contributed by atoms with Crippen LogP contribution in [0.4, 0.5) is 20.3 Å². The molecule has 0 atom stereocenters. The molecule has 1 aromatic heterocycles. The lowest BCUT2D eigenvalue weighted by atomic mass is 10.0. The van der Waals surface area contributed by atoms with Crippen LogP contribution in [0.5, 0.6) is 5.75 Å². The first-order valence-corrected chi connectivity index (χ1v) is 12.0. The summed E-state index contributed by atoms with van der Waals surface area (Å²) in [6, 6.07) is 7.71. The van der Waals surface area contributed by atoms with Crippen LogP contribution in [0.3, 0.4) is 0 Å². The zero-order valence-corrected chi connectivity index (χ0v) is 20.0. The molecule has 3 aromatic rings. The van der Waals surface area contributed by atoms with Crippen LogP contribution in [0.25, 0.3) is 10.9 Å². The van der Waals surface area contributed by atoms with Crippen LogP contribution in [0.15, 0.2) is 48.8 Å². The quantitative estimate of drug-likeness (QED) is 0.362. The van der Waals surface area contributed by atoms with E-state index in [2.05, 4.69) is 20.2 Å². The van der Waals surface area contributed by atoms with E-state index < -0.39 is 12.5 Å². The van der Waals surface area contributed by atoms with Crippen LogP contribution in [0.2, 0.25) is 5.02 Å². The van der Waals surface area contributed by atoms with Crippen LogP contribution in [0.1, 0.15) is 24.8 Å². The first-order chi connectivity index (χ1) is 17.0. The number of benzene rings is 2. The Morgan fingerprint density at radius 2 is 2.00 bits per heavy atom. The summed E-state index contributed by atoms with van der Waals surface area (Å²) < 4.78 is 31.9. The number of anilines is 2. The number of likely N-dealkylation sites (tertiary alicyclic amines) is 1. The van der Waals surface area contributed by atoms with Crippen LogP contribution in [-0.2, 0) is 11.2 Å². The van der Waals surface area contributed by atoms with Crippen molar-refractivity contribution < 1.29 is 18.3 Å². The molecule has 1 aliphatic heterocycles. The van der Waals surface area contributed by atoms with Gasteiger partial charge in [0.1, 0.15) is 37.0 Å². The third-order valence-corrected chi connectivity index (χ3v) is 6.11. The number of aromatic nitrogens is 2. The highest BCUT2D eigenvalue weighted by Crippen LogP contribution is 2.31. The van der Waals surface area contributed by atoms with Crippen LogP contribution in [-0.4, -0.2) is 53.6 Å². The lowest BCUT2D eigenvalue weighted by Crippen LogP contribution is -2.29. The van der Waals surface area contributed by atoms with E-state index in [0.29, 0.717) is 33.7 Å². The normalized spacial score (nSPS) is 14.5. The molecule has 2 aromatic carbocycles. The Labute approximate surface area is 208 Å². The van der Waals surface area contributed by atoms with Gasteiger partial charge in [-0.2, -0.15) is 0 Å². The second-order valence-electron chi connectivity index (χ2n) is 8.40. The van der Waals surface area contributed by atoms with E-state index in [1.165, 1.54) is 37.7 Å². The highest BCUT2D eigenvalue weighted by Gasteiger charge is 2.14. The number of alkyl halides is 1. The second kappa shape index (κ2) is 12.0. The number of carbonyl (C=O) groups excluding carboxylic acids is 1. The maximum Gasteiger partial charge on any atom is 0.159 e. The van der Waals surface area contributed by atoms with E-state index in [1.807, 2.05) is 6.08 Å². The summed E-state index contributed by atoms with van der Waals surface area (Å²) >= 11 is 5.90. The molecule has 4 rings (SSSR count). The standard InChI is InChI=1S/C26H27ClF2N4O2/c27-22-15-19(6-7-23(22)29)32-26-21-14-18(25(35-12-8-28)16-24(21)30-17-31-26)13-20(34)5-4-11-33-9-2-1-3-10-33/h4-7,14-17H,1-3,8-13H2,(H,30,31,32)/b5-4+. The molecule has 184 valence electrons. The largest absolute Gasteiger partial charge is 0.490 e. The van der Waals surface area contributed by atoms with Crippen molar-refractivity contribution in [3.05, 3.63) is 65.2 Å². The lowest BCUT2D eigenvalue weighted by Gasteiger charge is -2.24. The van der Waals surface area contributed by atoms with E-state index in [4.69, 9.17) is 16.3 Å². The van der Waals surface area contributed by atoms with Crippen LogP contribution >= 0.6 is 11.6 Å². The maximum atomic E-state index is 13.5. The fourth-order valence-corrected chi connectivity index (χ4v) is 4.26. The molecule has 1 fully saturated rings. The predicted octanol–water partition coefficient (Wildman–Crippen LogP) is 5.67. The monoisotopic (exact) mass is 500 g/mol. The topological polar surface area (TPSA) is 67.4 Å². The minimum Gasteiger partial charge on any atom is -0.490 e.